The van der Waals surface area contributed by atoms with Crippen LogP contribution >= 0.6 is 0 Å². The Morgan fingerprint density at radius 2 is 1.77 bits per heavy atom. The molecule has 0 bridgehead atoms. The largest absolute Gasteiger partial charge is 0.497 e. The third kappa shape index (κ3) is 4.25. The summed E-state index contributed by atoms with van der Waals surface area (Å²) in [6, 6.07) is 13.9. The van der Waals surface area contributed by atoms with Crippen LogP contribution in [0.25, 0.3) is 11.3 Å². The van der Waals surface area contributed by atoms with Crippen molar-refractivity contribution in [2.45, 2.75) is 6.04 Å². The maximum absolute atomic E-state index is 13.6. The smallest absolute Gasteiger partial charge is 0.213 e. The monoisotopic (exact) mass is 419 g/mol. The summed E-state index contributed by atoms with van der Waals surface area (Å²) in [5.41, 5.74) is 2.50. The number of anilines is 1. The normalized spacial score (nSPS) is 11.7. The van der Waals surface area contributed by atoms with E-state index < -0.39 is 6.04 Å². The number of rotatable bonds is 8. The van der Waals surface area contributed by atoms with Gasteiger partial charge in [0.15, 0.2) is 5.69 Å². The zero-order chi connectivity index (χ0) is 21.8. The molecule has 9 nitrogen and oxygen atoms in total. The number of aryl methyl sites for hydroxylation is 1. The Bertz CT molecular complexity index is 1160. The van der Waals surface area contributed by atoms with Gasteiger partial charge in [-0.2, -0.15) is 5.10 Å². The molecule has 0 spiro atoms. The Hall–Kier alpha value is -4.14. The van der Waals surface area contributed by atoms with Gasteiger partial charge in [-0.15, -0.1) is 0 Å². The van der Waals surface area contributed by atoms with Crippen molar-refractivity contribution < 1.29 is 18.9 Å². The van der Waals surface area contributed by atoms with Crippen molar-refractivity contribution in [3.8, 4) is 22.8 Å². The first-order valence-electron chi connectivity index (χ1n) is 9.49. The van der Waals surface area contributed by atoms with E-state index >= 15 is 0 Å². The van der Waals surface area contributed by atoms with Crippen LogP contribution in [0.5, 0.6) is 11.5 Å². The molecular formula is C22H21N5O4. The molecular weight excluding hydrogens is 398 g/mol. The summed E-state index contributed by atoms with van der Waals surface area (Å²) in [6.07, 6.45) is 3.35. The lowest BCUT2D eigenvalue weighted by Crippen LogP contribution is -2.22. The molecule has 2 aromatic heterocycles. The number of carbonyl (C=O) groups is 1. The van der Waals surface area contributed by atoms with E-state index in [1.807, 2.05) is 30.3 Å². The molecule has 4 rings (SSSR count). The highest BCUT2D eigenvalue weighted by Crippen LogP contribution is 2.31. The molecule has 0 radical (unpaired) electrons. The molecule has 31 heavy (non-hydrogen) atoms. The van der Waals surface area contributed by atoms with E-state index in [1.54, 1.807) is 56.5 Å². The fourth-order valence-corrected chi connectivity index (χ4v) is 3.22. The van der Waals surface area contributed by atoms with Crippen molar-refractivity contribution in [1.82, 2.24) is 20.1 Å². The predicted octanol–water partition coefficient (Wildman–Crippen LogP) is 3.52. The number of hydrogen-bond donors (Lipinski definition) is 1. The van der Waals surface area contributed by atoms with Gasteiger partial charge in [0.25, 0.3) is 0 Å². The number of carbonyl (C=O) groups excluding carboxylic acids is 1. The van der Waals surface area contributed by atoms with Crippen LogP contribution in [0.3, 0.4) is 0 Å². The summed E-state index contributed by atoms with van der Waals surface area (Å²) in [5.74, 6) is 0.897. The van der Waals surface area contributed by atoms with Crippen LogP contribution in [0.2, 0.25) is 0 Å². The van der Waals surface area contributed by atoms with E-state index in [-0.39, 0.29) is 11.5 Å². The third-order valence-corrected chi connectivity index (χ3v) is 4.76. The lowest BCUT2D eigenvalue weighted by molar-refractivity contribution is 0.0960. The number of benzene rings is 2. The first kappa shape index (κ1) is 20.1. The van der Waals surface area contributed by atoms with Crippen LogP contribution < -0.4 is 14.8 Å². The molecule has 0 amide bonds. The van der Waals surface area contributed by atoms with E-state index in [2.05, 4.69) is 20.7 Å². The maximum Gasteiger partial charge on any atom is 0.213 e. The Balaban J connectivity index is 1.74. The fraction of sp³-hybridized carbons (Fsp3) is 0.182. The van der Waals surface area contributed by atoms with E-state index in [1.165, 1.54) is 0 Å². The second-order valence-corrected chi connectivity index (χ2v) is 6.82. The second kappa shape index (κ2) is 8.70. The predicted molar refractivity (Wildman–Crippen MR) is 113 cm³/mol. The summed E-state index contributed by atoms with van der Waals surface area (Å²) in [7, 11) is 4.92. The van der Waals surface area contributed by atoms with Crippen LogP contribution in [0.15, 0.2) is 65.6 Å². The number of Topliss-reactive ketones (excluding diaryl/α,β-unsaturated/α-hetero) is 1. The number of aromatic nitrogens is 4. The molecule has 1 unspecified atom stereocenters. The molecule has 9 heteroatoms. The first-order valence-corrected chi connectivity index (χ1v) is 9.49. The van der Waals surface area contributed by atoms with Gasteiger partial charge in [0.1, 0.15) is 23.2 Å². The standard InChI is InChI=1S/C22H21N5O4/c1-27-13-15(12-23-27)19-21(26-31-25-19)22(28)20(14-7-5-4-6-8-14)24-16-9-17(29-2)11-18(10-16)30-3/h4-13,20,24H,1-3H3. The van der Waals surface area contributed by atoms with Crippen LogP contribution in [-0.2, 0) is 7.05 Å². The Morgan fingerprint density at radius 1 is 1.06 bits per heavy atom. The van der Waals surface area contributed by atoms with Gasteiger partial charge in [-0.05, 0) is 15.9 Å². The topological polar surface area (TPSA) is 104 Å². The van der Waals surface area contributed by atoms with Crippen molar-refractivity contribution in [2.75, 3.05) is 19.5 Å². The van der Waals surface area contributed by atoms with Gasteiger partial charge < -0.3 is 14.8 Å². The van der Waals surface area contributed by atoms with E-state index in [9.17, 15) is 4.79 Å². The molecule has 0 aliphatic heterocycles. The van der Waals surface area contributed by atoms with Crippen LogP contribution in [0.4, 0.5) is 5.69 Å². The lowest BCUT2D eigenvalue weighted by atomic mass is 9.98. The molecule has 0 fully saturated rings. The molecule has 0 saturated heterocycles. The molecule has 4 aromatic rings. The quantitative estimate of drug-likeness (QED) is 0.433. The molecule has 0 saturated carbocycles. The van der Waals surface area contributed by atoms with Gasteiger partial charge >= 0.3 is 0 Å². The highest BCUT2D eigenvalue weighted by atomic mass is 16.6. The molecule has 1 N–H and O–H groups in total. The Labute approximate surface area is 178 Å². The summed E-state index contributed by atoms with van der Waals surface area (Å²) in [5, 5.41) is 15.2. The van der Waals surface area contributed by atoms with Gasteiger partial charge in [0, 0.05) is 42.7 Å². The number of ether oxygens (including phenoxy) is 2. The number of nitrogens with zero attached hydrogens (tertiary/aromatic N) is 4. The van der Waals surface area contributed by atoms with Crippen LogP contribution in [-0.4, -0.2) is 40.1 Å². The average molecular weight is 419 g/mol. The van der Waals surface area contributed by atoms with Gasteiger partial charge in [-0.1, -0.05) is 30.3 Å². The first-order chi connectivity index (χ1) is 15.1. The maximum atomic E-state index is 13.6. The average Bonchev–Trinajstić information content (AvgIpc) is 3.46. The SMILES string of the molecule is COc1cc(NC(C(=O)c2nonc2-c2cnn(C)c2)c2ccccc2)cc(OC)c1. The summed E-state index contributed by atoms with van der Waals surface area (Å²) >= 11 is 0. The Morgan fingerprint density at radius 3 is 2.39 bits per heavy atom. The number of hydrogen-bond acceptors (Lipinski definition) is 8. The minimum absolute atomic E-state index is 0.115. The molecule has 2 aromatic carbocycles. The van der Waals surface area contributed by atoms with Gasteiger partial charge in [0.05, 0.1) is 20.4 Å². The van der Waals surface area contributed by atoms with Crippen molar-refractivity contribution in [2.24, 2.45) is 7.05 Å². The van der Waals surface area contributed by atoms with Crippen molar-refractivity contribution in [1.29, 1.82) is 0 Å². The van der Waals surface area contributed by atoms with E-state index in [4.69, 9.17) is 14.1 Å². The van der Waals surface area contributed by atoms with Crippen molar-refractivity contribution in [3.63, 3.8) is 0 Å². The zero-order valence-corrected chi connectivity index (χ0v) is 17.3. The fourth-order valence-electron chi connectivity index (χ4n) is 3.22. The van der Waals surface area contributed by atoms with Crippen LogP contribution in [0.1, 0.15) is 22.1 Å². The van der Waals surface area contributed by atoms with Crippen LogP contribution in [0, 0.1) is 0 Å². The van der Waals surface area contributed by atoms with Crippen molar-refractivity contribution >= 4 is 11.5 Å². The minimum atomic E-state index is -0.750. The molecule has 158 valence electrons. The third-order valence-electron chi connectivity index (χ3n) is 4.76. The summed E-state index contributed by atoms with van der Waals surface area (Å²) in [4.78, 5) is 13.6. The molecule has 0 aliphatic rings. The van der Waals surface area contributed by atoms with Gasteiger partial charge in [-0.3, -0.25) is 9.48 Å². The minimum Gasteiger partial charge on any atom is -0.497 e. The second-order valence-electron chi connectivity index (χ2n) is 6.82. The van der Waals surface area contributed by atoms with E-state index in [0.717, 1.165) is 5.56 Å². The number of ketones is 1. The summed E-state index contributed by atoms with van der Waals surface area (Å²) in [6.45, 7) is 0. The van der Waals surface area contributed by atoms with Gasteiger partial charge in [-0.25, -0.2) is 4.63 Å². The highest BCUT2D eigenvalue weighted by Gasteiger charge is 2.29. The Kier molecular flexibility index (Phi) is 5.65. The molecule has 1 atom stereocenters. The number of methoxy groups -OCH3 is 2. The van der Waals surface area contributed by atoms with Gasteiger partial charge in [0.2, 0.25) is 5.78 Å². The van der Waals surface area contributed by atoms with Crippen molar-refractivity contribution in [3.05, 3.63) is 72.2 Å². The van der Waals surface area contributed by atoms with E-state index in [0.29, 0.717) is 28.4 Å². The lowest BCUT2D eigenvalue weighted by Gasteiger charge is -2.19. The molecule has 2 heterocycles. The molecule has 0 aliphatic carbocycles. The highest BCUT2D eigenvalue weighted by molar-refractivity contribution is 6.04. The summed E-state index contributed by atoms with van der Waals surface area (Å²) < 4.78 is 17.2. The number of nitrogens with one attached hydrogen (secondary N) is 1. The zero-order valence-electron chi connectivity index (χ0n) is 17.3.